The Morgan fingerprint density at radius 2 is 2.29 bits per heavy atom. The van der Waals surface area contributed by atoms with Crippen LogP contribution in [-0.2, 0) is 17.8 Å². The minimum absolute atomic E-state index is 0.111. The number of aromatic nitrogens is 3. The molecule has 0 aliphatic carbocycles. The summed E-state index contributed by atoms with van der Waals surface area (Å²) in [7, 11) is 0. The van der Waals surface area contributed by atoms with E-state index in [4.69, 9.17) is 4.52 Å². The van der Waals surface area contributed by atoms with E-state index in [2.05, 4.69) is 44.3 Å². The van der Waals surface area contributed by atoms with Gasteiger partial charge in [0.2, 0.25) is 11.8 Å². The van der Waals surface area contributed by atoms with Crippen molar-refractivity contribution in [2.24, 2.45) is 0 Å². The molecule has 1 amide bonds. The number of carbonyl (C=O) groups is 1. The standard InChI is InChI=1S/C21H27N5O2/c1-15-23-21(24-28-15)8-11-26(16(2)27)19-4-3-10-25(14-19)13-17-5-6-18-7-9-22-20(18)12-17/h5-7,9,12,19,22H,3-4,8,10-11,13-14H2,1-2H3. The van der Waals surface area contributed by atoms with Crippen LogP contribution < -0.4 is 0 Å². The molecule has 0 spiro atoms. The van der Waals surface area contributed by atoms with Crippen molar-refractivity contribution in [1.29, 1.82) is 0 Å². The van der Waals surface area contributed by atoms with E-state index in [0.717, 1.165) is 32.5 Å². The minimum atomic E-state index is 0.111. The summed E-state index contributed by atoms with van der Waals surface area (Å²) in [6.45, 7) is 6.92. The smallest absolute Gasteiger partial charge is 0.223 e. The van der Waals surface area contributed by atoms with Crippen molar-refractivity contribution in [2.45, 2.75) is 45.7 Å². The molecule has 3 aromatic rings. The molecule has 1 atom stereocenters. The summed E-state index contributed by atoms with van der Waals surface area (Å²) < 4.78 is 5.04. The van der Waals surface area contributed by atoms with Gasteiger partial charge in [-0.25, -0.2) is 0 Å². The van der Waals surface area contributed by atoms with Crippen molar-refractivity contribution >= 4 is 16.8 Å². The Morgan fingerprint density at radius 1 is 1.39 bits per heavy atom. The number of aryl methyl sites for hydroxylation is 1. The monoisotopic (exact) mass is 381 g/mol. The van der Waals surface area contributed by atoms with Gasteiger partial charge in [0.05, 0.1) is 0 Å². The number of hydrogen-bond donors (Lipinski definition) is 1. The van der Waals surface area contributed by atoms with Crippen LogP contribution in [-0.4, -0.2) is 56.5 Å². The average molecular weight is 381 g/mol. The Bertz CT molecular complexity index is 947. The molecule has 28 heavy (non-hydrogen) atoms. The van der Waals surface area contributed by atoms with Gasteiger partial charge < -0.3 is 14.4 Å². The number of carbonyl (C=O) groups excluding carboxylic acids is 1. The maximum absolute atomic E-state index is 12.3. The van der Waals surface area contributed by atoms with Gasteiger partial charge in [0.1, 0.15) is 0 Å². The molecule has 7 nitrogen and oxygen atoms in total. The number of H-pyrrole nitrogens is 1. The van der Waals surface area contributed by atoms with E-state index in [9.17, 15) is 4.79 Å². The molecule has 3 heterocycles. The third kappa shape index (κ3) is 4.25. The average Bonchev–Trinajstić information content (AvgIpc) is 3.30. The van der Waals surface area contributed by atoms with Gasteiger partial charge in [-0.05, 0) is 42.5 Å². The van der Waals surface area contributed by atoms with E-state index in [0.29, 0.717) is 24.7 Å². The van der Waals surface area contributed by atoms with E-state index < -0.39 is 0 Å². The van der Waals surface area contributed by atoms with Crippen molar-refractivity contribution in [3.63, 3.8) is 0 Å². The van der Waals surface area contributed by atoms with Crippen molar-refractivity contribution < 1.29 is 9.32 Å². The highest BCUT2D eigenvalue weighted by atomic mass is 16.5. The molecule has 1 aliphatic rings. The number of rotatable bonds is 6. The number of nitrogens with one attached hydrogen (secondary N) is 1. The second-order valence-electron chi connectivity index (χ2n) is 7.62. The molecule has 1 N–H and O–H groups in total. The zero-order valence-electron chi connectivity index (χ0n) is 16.5. The molecule has 1 saturated heterocycles. The largest absolute Gasteiger partial charge is 0.361 e. The zero-order valence-corrected chi connectivity index (χ0v) is 16.5. The Hall–Kier alpha value is -2.67. The second kappa shape index (κ2) is 8.14. The predicted octanol–water partition coefficient (Wildman–Crippen LogP) is 2.91. The first-order chi connectivity index (χ1) is 13.6. The van der Waals surface area contributed by atoms with Crippen LogP contribution in [0.2, 0.25) is 0 Å². The SMILES string of the molecule is CC(=O)N(CCc1noc(C)n1)C1CCCN(Cc2ccc3cc[nH]c3c2)C1. The van der Waals surface area contributed by atoms with Crippen LogP contribution in [0.25, 0.3) is 10.9 Å². The first kappa shape index (κ1) is 18.7. The van der Waals surface area contributed by atoms with Gasteiger partial charge in [-0.3, -0.25) is 9.69 Å². The van der Waals surface area contributed by atoms with E-state index in [-0.39, 0.29) is 11.9 Å². The molecule has 1 fully saturated rings. The van der Waals surface area contributed by atoms with Crippen molar-refractivity contribution in [3.8, 4) is 0 Å². The summed E-state index contributed by atoms with van der Waals surface area (Å²) in [6, 6.07) is 8.90. The first-order valence-electron chi connectivity index (χ1n) is 9.93. The van der Waals surface area contributed by atoms with Gasteiger partial charge in [0.15, 0.2) is 5.82 Å². The minimum Gasteiger partial charge on any atom is -0.361 e. The third-order valence-electron chi connectivity index (χ3n) is 5.50. The van der Waals surface area contributed by atoms with Gasteiger partial charge in [0, 0.05) is 57.7 Å². The fraction of sp³-hybridized carbons (Fsp3) is 0.476. The quantitative estimate of drug-likeness (QED) is 0.710. The maximum atomic E-state index is 12.3. The lowest BCUT2D eigenvalue weighted by Gasteiger charge is -2.39. The van der Waals surface area contributed by atoms with Crippen molar-refractivity contribution in [1.82, 2.24) is 24.9 Å². The molecule has 1 unspecified atom stereocenters. The zero-order chi connectivity index (χ0) is 19.5. The van der Waals surface area contributed by atoms with Crippen LogP contribution in [0.4, 0.5) is 0 Å². The Kier molecular flexibility index (Phi) is 5.43. The van der Waals surface area contributed by atoms with Crippen molar-refractivity contribution in [3.05, 3.63) is 47.7 Å². The molecule has 148 valence electrons. The fourth-order valence-corrected chi connectivity index (χ4v) is 4.14. The number of fused-ring (bicyclic) bond motifs is 1. The maximum Gasteiger partial charge on any atom is 0.223 e. The summed E-state index contributed by atoms with van der Waals surface area (Å²) in [6.07, 6.45) is 4.73. The Balaban J connectivity index is 1.39. The molecule has 4 rings (SSSR count). The summed E-state index contributed by atoms with van der Waals surface area (Å²) in [4.78, 5) is 24.3. The lowest BCUT2D eigenvalue weighted by atomic mass is 10.0. The summed E-state index contributed by atoms with van der Waals surface area (Å²) in [5.41, 5.74) is 2.47. The van der Waals surface area contributed by atoms with E-state index in [1.807, 2.05) is 11.1 Å². The summed E-state index contributed by atoms with van der Waals surface area (Å²) in [5.74, 6) is 1.34. The first-order valence-corrected chi connectivity index (χ1v) is 9.93. The van der Waals surface area contributed by atoms with Crippen LogP contribution in [0.15, 0.2) is 35.0 Å². The van der Waals surface area contributed by atoms with Gasteiger partial charge in [0.25, 0.3) is 0 Å². The normalized spacial score (nSPS) is 17.9. The molecule has 7 heteroatoms. The molecular weight excluding hydrogens is 354 g/mol. The van der Waals surface area contributed by atoms with Crippen LogP contribution in [0.3, 0.4) is 0 Å². The summed E-state index contributed by atoms with van der Waals surface area (Å²) >= 11 is 0. The van der Waals surface area contributed by atoms with E-state index in [1.54, 1.807) is 13.8 Å². The molecule has 0 radical (unpaired) electrons. The molecule has 0 bridgehead atoms. The highest BCUT2D eigenvalue weighted by molar-refractivity contribution is 5.79. The second-order valence-corrected chi connectivity index (χ2v) is 7.62. The molecule has 0 saturated carbocycles. The third-order valence-corrected chi connectivity index (χ3v) is 5.50. The number of benzene rings is 1. The Labute approximate surface area is 164 Å². The van der Waals surface area contributed by atoms with E-state index in [1.165, 1.54) is 16.5 Å². The Morgan fingerprint density at radius 3 is 3.07 bits per heavy atom. The lowest BCUT2D eigenvalue weighted by Crippen LogP contribution is -2.50. The van der Waals surface area contributed by atoms with Gasteiger partial charge in [-0.2, -0.15) is 4.98 Å². The number of piperidine rings is 1. The van der Waals surface area contributed by atoms with Crippen LogP contribution >= 0.6 is 0 Å². The van der Waals surface area contributed by atoms with Crippen LogP contribution in [0.5, 0.6) is 0 Å². The van der Waals surface area contributed by atoms with Gasteiger partial charge in [-0.1, -0.05) is 17.3 Å². The topological polar surface area (TPSA) is 78.3 Å². The van der Waals surface area contributed by atoms with Crippen LogP contribution in [0.1, 0.15) is 37.0 Å². The van der Waals surface area contributed by atoms with Gasteiger partial charge >= 0.3 is 0 Å². The summed E-state index contributed by atoms with van der Waals surface area (Å²) in [5, 5.41) is 5.18. The fourth-order valence-electron chi connectivity index (χ4n) is 4.14. The number of aromatic amines is 1. The number of nitrogens with zero attached hydrogens (tertiary/aromatic N) is 4. The number of hydrogen-bond acceptors (Lipinski definition) is 5. The molecule has 2 aromatic heterocycles. The number of likely N-dealkylation sites (tertiary alicyclic amines) is 1. The highest BCUT2D eigenvalue weighted by Crippen LogP contribution is 2.21. The predicted molar refractivity (Wildman–Crippen MR) is 107 cm³/mol. The molecular formula is C21H27N5O2. The lowest BCUT2D eigenvalue weighted by molar-refractivity contribution is -0.132. The highest BCUT2D eigenvalue weighted by Gasteiger charge is 2.27. The van der Waals surface area contributed by atoms with Crippen LogP contribution in [0, 0.1) is 6.92 Å². The molecule has 1 aliphatic heterocycles. The van der Waals surface area contributed by atoms with Gasteiger partial charge in [-0.15, -0.1) is 0 Å². The van der Waals surface area contributed by atoms with E-state index >= 15 is 0 Å². The van der Waals surface area contributed by atoms with Crippen molar-refractivity contribution in [2.75, 3.05) is 19.6 Å². The number of amides is 1. The molecule has 1 aromatic carbocycles.